The number of ether oxygens (including phenoxy) is 4. The number of esters is 1. The summed E-state index contributed by atoms with van der Waals surface area (Å²) in [6, 6.07) is 16.7. The van der Waals surface area contributed by atoms with Crippen LogP contribution in [0.25, 0.3) is 6.08 Å². The van der Waals surface area contributed by atoms with E-state index in [1.54, 1.807) is 48.8 Å². The van der Waals surface area contributed by atoms with Gasteiger partial charge in [0.25, 0.3) is 5.56 Å². The van der Waals surface area contributed by atoms with Gasteiger partial charge in [0, 0.05) is 5.56 Å². The average Bonchev–Trinajstić information content (AvgIpc) is 3.30. The van der Waals surface area contributed by atoms with Gasteiger partial charge in [-0.05, 0) is 97.8 Å². The second-order valence-corrected chi connectivity index (χ2v) is 12.6. The van der Waals surface area contributed by atoms with E-state index in [0.29, 0.717) is 49.0 Å². The monoisotopic (exact) mass is 742 g/mol. The van der Waals surface area contributed by atoms with Crippen LogP contribution in [0.4, 0.5) is 4.39 Å². The number of hydrogen-bond acceptors (Lipinski definition) is 8. The topological polar surface area (TPSA) is 88.4 Å². The van der Waals surface area contributed by atoms with Crippen LogP contribution in [-0.4, -0.2) is 30.4 Å². The van der Waals surface area contributed by atoms with Crippen molar-refractivity contribution in [2.45, 2.75) is 46.4 Å². The number of aromatic nitrogens is 1. The van der Waals surface area contributed by atoms with E-state index in [-0.39, 0.29) is 30.7 Å². The Labute approximate surface area is 277 Å². The van der Waals surface area contributed by atoms with Crippen molar-refractivity contribution in [1.29, 1.82) is 0 Å². The van der Waals surface area contributed by atoms with Crippen molar-refractivity contribution in [3.63, 3.8) is 0 Å². The van der Waals surface area contributed by atoms with Crippen molar-refractivity contribution in [2.75, 3.05) is 13.7 Å². The molecule has 234 valence electrons. The molecule has 2 heterocycles. The second-order valence-electron chi connectivity index (χ2n) is 10.5. The van der Waals surface area contributed by atoms with Gasteiger partial charge in [-0.25, -0.2) is 14.2 Å². The van der Waals surface area contributed by atoms with Gasteiger partial charge in [-0.3, -0.25) is 9.36 Å². The van der Waals surface area contributed by atoms with Gasteiger partial charge in [-0.15, -0.1) is 0 Å². The van der Waals surface area contributed by atoms with Crippen LogP contribution in [0.1, 0.15) is 50.4 Å². The first-order valence-electron chi connectivity index (χ1n) is 14.3. The fourth-order valence-electron chi connectivity index (χ4n) is 4.99. The zero-order chi connectivity index (χ0) is 32.2. The number of allylic oxidation sites excluding steroid dienone is 1. The number of nitrogens with zero attached hydrogens (tertiary/aromatic N) is 2. The number of fused-ring (bicyclic) bond motifs is 1. The Morgan fingerprint density at radius 1 is 1.16 bits per heavy atom. The number of benzene rings is 3. The van der Waals surface area contributed by atoms with Crippen LogP contribution in [0.15, 0.2) is 81.7 Å². The van der Waals surface area contributed by atoms with Gasteiger partial charge >= 0.3 is 5.97 Å². The molecule has 4 aromatic rings. The van der Waals surface area contributed by atoms with Crippen molar-refractivity contribution >= 4 is 46.0 Å². The minimum absolute atomic E-state index is 0.0000670. The maximum Gasteiger partial charge on any atom is 0.338 e. The average molecular weight is 743 g/mol. The van der Waals surface area contributed by atoms with Gasteiger partial charge in [0.15, 0.2) is 16.3 Å². The highest BCUT2D eigenvalue weighted by Crippen LogP contribution is 2.35. The molecular formula is C34H32FIN2O6S. The molecule has 8 nitrogen and oxygen atoms in total. The van der Waals surface area contributed by atoms with Gasteiger partial charge in [-0.2, -0.15) is 0 Å². The highest BCUT2D eigenvalue weighted by atomic mass is 127. The molecule has 0 amide bonds. The van der Waals surface area contributed by atoms with Crippen LogP contribution in [0.2, 0.25) is 0 Å². The van der Waals surface area contributed by atoms with Crippen LogP contribution in [0.5, 0.6) is 17.2 Å². The third kappa shape index (κ3) is 6.99. The molecule has 0 spiro atoms. The van der Waals surface area contributed by atoms with Crippen LogP contribution >= 0.6 is 33.9 Å². The number of halogens is 2. The lowest BCUT2D eigenvalue weighted by molar-refractivity contribution is -0.139. The van der Waals surface area contributed by atoms with Crippen LogP contribution < -0.4 is 29.1 Å². The fraction of sp³-hybridized carbons (Fsp3) is 0.265. The van der Waals surface area contributed by atoms with Crippen molar-refractivity contribution in [3.05, 3.63) is 118 Å². The van der Waals surface area contributed by atoms with E-state index >= 15 is 0 Å². The largest absolute Gasteiger partial charge is 0.493 e. The van der Waals surface area contributed by atoms with E-state index in [1.807, 2.05) is 44.2 Å². The maximum atomic E-state index is 14.2. The summed E-state index contributed by atoms with van der Waals surface area (Å²) >= 11 is 3.36. The molecular weight excluding hydrogens is 710 g/mol. The third-order valence-electron chi connectivity index (χ3n) is 6.96. The lowest BCUT2D eigenvalue weighted by Gasteiger charge is -2.25. The minimum atomic E-state index is -0.737. The molecule has 0 fully saturated rings. The van der Waals surface area contributed by atoms with Gasteiger partial charge in [0.05, 0.1) is 45.2 Å². The molecule has 0 bridgehead atoms. The molecule has 3 aromatic carbocycles. The Balaban J connectivity index is 1.57. The predicted octanol–water partition coefficient (Wildman–Crippen LogP) is 5.92. The lowest BCUT2D eigenvalue weighted by atomic mass is 9.96. The number of methoxy groups -OCH3 is 1. The summed E-state index contributed by atoms with van der Waals surface area (Å²) < 4.78 is 39.6. The number of rotatable bonds is 10. The van der Waals surface area contributed by atoms with Crippen LogP contribution in [-0.2, 0) is 16.1 Å². The zero-order valence-electron chi connectivity index (χ0n) is 25.4. The Kier molecular flexibility index (Phi) is 10.1. The van der Waals surface area contributed by atoms with Crippen LogP contribution in [0.3, 0.4) is 0 Å². The summed E-state index contributed by atoms with van der Waals surface area (Å²) in [7, 11) is 1.52. The molecule has 0 saturated carbocycles. The number of carbonyl (C=O) groups is 1. The summed E-state index contributed by atoms with van der Waals surface area (Å²) in [6.07, 6.45) is 1.76. The molecule has 11 heteroatoms. The normalized spacial score (nSPS) is 14.7. The number of carbonyl (C=O) groups excluding carboxylic acids is 1. The smallest absolute Gasteiger partial charge is 0.338 e. The molecule has 5 rings (SSSR count). The molecule has 1 aliphatic rings. The Bertz CT molecular complexity index is 1950. The Morgan fingerprint density at radius 3 is 2.56 bits per heavy atom. The maximum absolute atomic E-state index is 14.2. The van der Waals surface area contributed by atoms with Crippen LogP contribution in [0, 0.1) is 9.39 Å². The first-order valence-corrected chi connectivity index (χ1v) is 16.2. The molecule has 1 atom stereocenters. The molecule has 0 aliphatic carbocycles. The Hall–Kier alpha value is -3.97. The minimum Gasteiger partial charge on any atom is -0.493 e. The SMILES string of the molecule is CCOC(=O)C1=C(C)N=c2s/c(=C\c3cc(I)c(OCc4ccccc4F)c(OC)c3)c(=O)n2[C@@H]1c1ccc(OC(C)C)cc1. The summed E-state index contributed by atoms with van der Waals surface area (Å²) in [5.41, 5.74) is 2.35. The molecule has 0 radical (unpaired) electrons. The molecule has 0 unspecified atom stereocenters. The number of hydrogen-bond donors (Lipinski definition) is 0. The Morgan fingerprint density at radius 2 is 1.89 bits per heavy atom. The van der Waals surface area contributed by atoms with E-state index < -0.39 is 12.0 Å². The van der Waals surface area contributed by atoms with Gasteiger partial charge < -0.3 is 18.9 Å². The second kappa shape index (κ2) is 14.0. The van der Waals surface area contributed by atoms with Gasteiger partial charge in [0.1, 0.15) is 18.2 Å². The highest BCUT2D eigenvalue weighted by molar-refractivity contribution is 14.1. The molecule has 0 saturated heterocycles. The molecule has 1 aliphatic heterocycles. The van der Waals surface area contributed by atoms with Crippen molar-refractivity contribution in [1.82, 2.24) is 4.57 Å². The zero-order valence-corrected chi connectivity index (χ0v) is 28.4. The van der Waals surface area contributed by atoms with E-state index in [2.05, 4.69) is 27.6 Å². The van der Waals surface area contributed by atoms with E-state index in [1.165, 1.54) is 24.5 Å². The first-order chi connectivity index (χ1) is 21.6. The van der Waals surface area contributed by atoms with E-state index in [4.69, 9.17) is 18.9 Å². The first kappa shape index (κ1) is 32.4. The summed E-state index contributed by atoms with van der Waals surface area (Å²) in [5, 5.41) is 0. The fourth-order valence-corrected chi connectivity index (χ4v) is 6.82. The molecule has 45 heavy (non-hydrogen) atoms. The third-order valence-corrected chi connectivity index (χ3v) is 8.75. The highest BCUT2D eigenvalue weighted by Gasteiger charge is 2.33. The van der Waals surface area contributed by atoms with E-state index in [9.17, 15) is 14.0 Å². The molecule has 1 aromatic heterocycles. The van der Waals surface area contributed by atoms with Gasteiger partial charge in [-0.1, -0.05) is 41.7 Å². The summed E-state index contributed by atoms with van der Waals surface area (Å²) in [4.78, 5) is 32.3. The summed E-state index contributed by atoms with van der Waals surface area (Å²) in [5.74, 6) is 0.729. The van der Waals surface area contributed by atoms with Crippen molar-refractivity contribution in [2.24, 2.45) is 4.99 Å². The predicted molar refractivity (Wildman–Crippen MR) is 179 cm³/mol. The van der Waals surface area contributed by atoms with Crippen molar-refractivity contribution < 1.29 is 28.1 Å². The molecule has 0 N–H and O–H groups in total. The quantitative estimate of drug-likeness (QED) is 0.148. The van der Waals surface area contributed by atoms with Gasteiger partial charge in [0.2, 0.25) is 0 Å². The number of thiazole rings is 1. The lowest BCUT2D eigenvalue weighted by Crippen LogP contribution is -2.39. The van der Waals surface area contributed by atoms with Crippen molar-refractivity contribution in [3.8, 4) is 17.2 Å². The summed E-state index contributed by atoms with van der Waals surface area (Å²) in [6.45, 7) is 7.60. The van der Waals surface area contributed by atoms with E-state index in [0.717, 1.165) is 9.13 Å². The standard InChI is InChI=1S/C34H32FIN2O6S/c1-6-42-33(40)29-20(4)37-34-38(30(29)22-11-13-24(14-12-22)44-19(2)3)32(39)28(45-34)17-21-15-26(36)31(27(16-21)41-5)43-18-23-9-7-8-10-25(23)35/h7-17,19,30H,6,18H2,1-5H3/b28-17-/t30-/m1/s1.